The van der Waals surface area contributed by atoms with Gasteiger partial charge in [0.1, 0.15) is 6.29 Å². The number of nitrogens with zero attached hydrogens (tertiary/aromatic N) is 2. The lowest BCUT2D eigenvalue weighted by Gasteiger charge is -2.19. The highest BCUT2D eigenvalue weighted by Gasteiger charge is 2.02. The van der Waals surface area contributed by atoms with E-state index in [0.717, 1.165) is 24.9 Å². The van der Waals surface area contributed by atoms with Crippen LogP contribution in [-0.4, -0.2) is 24.9 Å². The molecule has 3 nitrogen and oxygen atoms in total. The van der Waals surface area contributed by atoms with Crippen LogP contribution < -0.4 is 4.90 Å². The number of carbonyl (C=O) groups is 1. The summed E-state index contributed by atoms with van der Waals surface area (Å²) in [6, 6.07) is 11.7. The fourth-order valence-corrected chi connectivity index (χ4v) is 1.81. The Labute approximate surface area is 107 Å². The van der Waals surface area contributed by atoms with E-state index in [-0.39, 0.29) is 0 Å². The maximum atomic E-state index is 10.7. The Morgan fingerprint density at radius 3 is 2.72 bits per heavy atom. The molecular formula is C15H16N2O. The molecule has 0 amide bonds. The van der Waals surface area contributed by atoms with Crippen molar-refractivity contribution in [1.82, 2.24) is 4.98 Å². The van der Waals surface area contributed by atoms with Gasteiger partial charge in [-0.2, -0.15) is 0 Å². The third-order valence-electron chi connectivity index (χ3n) is 2.93. The number of hydrogen-bond acceptors (Lipinski definition) is 3. The van der Waals surface area contributed by atoms with E-state index < -0.39 is 0 Å². The summed E-state index contributed by atoms with van der Waals surface area (Å²) in [7, 11) is 2.03. The Bertz CT molecular complexity index is 511. The van der Waals surface area contributed by atoms with Crippen molar-refractivity contribution in [2.75, 3.05) is 18.5 Å². The van der Waals surface area contributed by atoms with Crippen molar-refractivity contribution < 1.29 is 4.79 Å². The molecule has 0 saturated carbocycles. The summed E-state index contributed by atoms with van der Waals surface area (Å²) in [6.07, 6.45) is 5.45. The predicted molar refractivity (Wildman–Crippen MR) is 73.0 cm³/mol. The minimum Gasteiger partial charge on any atom is -0.374 e. The molecule has 1 aromatic heterocycles. The Hall–Kier alpha value is -2.16. The number of pyridine rings is 1. The zero-order valence-corrected chi connectivity index (χ0v) is 10.4. The van der Waals surface area contributed by atoms with Crippen molar-refractivity contribution in [2.45, 2.75) is 6.42 Å². The molecule has 18 heavy (non-hydrogen) atoms. The first kappa shape index (κ1) is 12.3. The second-order valence-corrected chi connectivity index (χ2v) is 4.24. The number of carbonyl (C=O) groups excluding carboxylic acids is 1. The highest BCUT2D eigenvalue weighted by molar-refractivity contribution is 5.77. The van der Waals surface area contributed by atoms with Crippen LogP contribution in [0, 0.1) is 0 Å². The van der Waals surface area contributed by atoms with Crippen LogP contribution in [0.4, 0.5) is 5.69 Å². The van der Waals surface area contributed by atoms with Gasteiger partial charge >= 0.3 is 0 Å². The van der Waals surface area contributed by atoms with Gasteiger partial charge in [0.15, 0.2) is 0 Å². The van der Waals surface area contributed by atoms with Crippen LogP contribution in [0.25, 0.3) is 0 Å². The number of aldehydes is 1. The van der Waals surface area contributed by atoms with Gasteiger partial charge in [-0.15, -0.1) is 0 Å². The van der Waals surface area contributed by atoms with Crippen LogP contribution in [-0.2, 0) is 6.42 Å². The van der Waals surface area contributed by atoms with Crippen molar-refractivity contribution in [3.63, 3.8) is 0 Å². The van der Waals surface area contributed by atoms with Gasteiger partial charge in [0, 0.05) is 37.2 Å². The number of anilines is 1. The van der Waals surface area contributed by atoms with Gasteiger partial charge in [0.2, 0.25) is 0 Å². The molecule has 0 fully saturated rings. The Morgan fingerprint density at radius 1 is 1.22 bits per heavy atom. The van der Waals surface area contributed by atoms with Crippen molar-refractivity contribution in [3.8, 4) is 0 Å². The predicted octanol–water partition coefficient (Wildman–Crippen LogP) is 2.57. The molecule has 0 N–H and O–H groups in total. The molecule has 0 aliphatic heterocycles. The fraction of sp³-hybridized carbons (Fsp3) is 0.200. The standard InChI is InChI=1S/C15H16N2O/c1-17(10-7-13-5-8-16-9-6-13)15-4-2-3-14(11-15)12-18/h2-6,8-9,11-12H,7,10H2,1H3. The molecule has 0 saturated heterocycles. The van der Waals surface area contributed by atoms with E-state index in [1.165, 1.54) is 5.56 Å². The fourth-order valence-electron chi connectivity index (χ4n) is 1.81. The lowest BCUT2D eigenvalue weighted by molar-refractivity contribution is 0.112. The van der Waals surface area contributed by atoms with Gasteiger partial charge in [-0.25, -0.2) is 0 Å². The highest BCUT2D eigenvalue weighted by Crippen LogP contribution is 2.14. The molecule has 3 heteroatoms. The van der Waals surface area contributed by atoms with E-state index in [9.17, 15) is 4.79 Å². The van der Waals surface area contributed by atoms with Crippen LogP contribution in [0.1, 0.15) is 15.9 Å². The molecule has 0 radical (unpaired) electrons. The third-order valence-corrected chi connectivity index (χ3v) is 2.93. The zero-order chi connectivity index (χ0) is 12.8. The topological polar surface area (TPSA) is 33.2 Å². The molecule has 0 atom stereocenters. The van der Waals surface area contributed by atoms with Gasteiger partial charge in [-0.3, -0.25) is 9.78 Å². The summed E-state index contributed by atoms with van der Waals surface area (Å²) in [4.78, 5) is 16.9. The first-order valence-corrected chi connectivity index (χ1v) is 5.95. The van der Waals surface area contributed by atoms with Gasteiger partial charge in [0.05, 0.1) is 0 Å². The summed E-state index contributed by atoms with van der Waals surface area (Å²) in [6.45, 7) is 0.909. The molecule has 0 aliphatic rings. The molecule has 0 unspecified atom stereocenters. The molecule has 2 rings (SSSR count). The van der Waals surface area contributed by atoms with E-state index in [2.05, 4.69) is 9.88 Å². The molecule has 1 aromatic carbocycles. The minimum atomic E-state index is 0.711. The van der Waals surface area contributed by atoms with E-state index in [1.54, 1.807) is 0 Å². The van der Waals surface area contributed by atoms with Crippen molar-refractivity contribution in [1.29, 1.82) is 0 Å². The van der Waals surface area contributed by atoms with Crippen molar-refractivity contribution in [2.24, 2.45) is 0 Å². The van der Waals surface area contributed by atoms with Crippen molar-refractivity contribution in [3.05, 3.63) is 59.9 Å². The molecule has 1 heterocycles. The number of rotatable bonds is 5. The number of aromatic nitrogens is 1. The van der Waals surface area contributed by atoms with Gasteiger partial charge in [-0.1, -0.05) is 12.1 Å². The van der Waals surface area contributed by atoms with Crippen LogP contribution in [0.5, 0.6) is 0 Å². The quantitative estimate of drug-likeness (QED) is 0.753. The number of hydrogen-bond donors (Lipinski definition) is 0. The van der Waals surface area contributed by atoms with E-state index in [0.29, 0.717) is 5.56 Å². The SMILES string of the molecule is CN(CCc1ccncc1)c1cccc(C=O)c1. The summed E-state index contributed by atoms with van der Waals surface area (Å²) >= 11 is 0. The lowest BCUT2D eigenvalue weighted by atomic mass is 10.1. The van der Waals surface area contributed by atoms with Gasteiger partial charge in [0.25, 0.3) is 0 Å². The Kier molecular flexibility index (Phi) is 4.07. The maximum absolute atomic E-state index is 10.7. The first-order chi connectivity index (χ1) is 8.79. The second-order valence-electron chi connectivity index (χ2n) is 4.24. The summed E-state index contributed by atoms with van der Waals surface area (Å²) < 4.78 is 0. The normalized spacial score (nSPS) is 10.1. The Balaban J connectivity index is 1.99. The molecule has 92 valence electrons. The average Bonchev–Trinajstić information content (AvgIpc) is 2.46. The Morgan fingerprint density at radius 2 is 2.00 bits per heavy atom. The smallest absolute Gasteiger partial charge is 0.150 e. The van der Waals surface area contributed by atoms with E-state index >= 15 is 0 Å². The monoisotopic (exact) mass is 240 g/mol. The first-order valence-electron chi connectivity index (χ1n) is 5.95. The van der Waals surface area contributed by atoms with Gasteiger partial charge < -0.3 is 4.90 Å². The van der Waals surface area contributed by atoms with Crippen LogP contribution in [0.15, 0.2) is 48.8 Å². The zero-order valence-electron chi connectivity index (χ0n) is 10.4. The number of likely N-dealkylation sites (N-methyl/N-ethyl adjacent to an activating group) is 1. The summed E-state index contributed by atoms with van der Waals surface area (Å²) in [5, 5.41) is 0. The summed E-state index contributed by atoms with van der Waals surface area (Å²) in [5.41, 5.74) is 3.04. The molecule has 2 aromatic rings. The van der Waals surface area contributed by atoms with Crippen LogP contribution >= 0.6 is 0 Å². The largest absolute Gasteiger partial charge is 0.374 e. The lowest BCUT2D eigenvalue weighted by Crippen LogP contribution is -2.20. The van der Waals surface area contributed by atoms with E-state index in [1.807, 2.05) is 55.8 Å². The minimum absolute atomic E-state index is 0.711. The average molecular weight is 240 g/mol. The second kappa shape index (κ2) is 5.96. The number of benzene rings is 1. The third kappa shape index (κ3) is 3.17. The molecule has 0 spiro atoms. The summed E-state index contributed by atoms with van der Waals surface area (Å²) in [5.74, 6) is 0. The molecular weight excluding hydrogens is 224 g/mol. The molecule has 0 aliphatic carbocycles. The van der Waals surface area contributed by atoms with Crippen LogP contribution in [0.2, 0.25) is 0 Å². The van der Waals surface area contributed by atoms with Crippen molar-refractivity contribution >= 4 is 12.0 Å². The van der Waals surface area contributed by atoms with Crippen LogP contribution in [0.3, 0.4) is 0 Å². The van der Waals surface area contributed by atoms with Gasteiger partial charge in [-0.05, 0) is 36.2 Å². The molecule has 0 bridgehead atoms. The highest BCUT2D eigenvalue weighted by atomic mass is 16.1. The van der Waals surface area contributed by atoms with E-state index in [4.69, 9.17) is 0 Å². The maximum Gasteiger partial charge on any atom is 0.150 e.